The Morgan fingerprint density at radius 2 is 1.87 bits per heavy atom. The van der Waals surface area contributed by atoms with Crippen molar-refractivity contribution in [3.63, 3.8) is 0 Å². The molecule has 2 aromatic rings. The number of benzene rings is 2. The molecule has 0 aromatic heterocycles. The van der Waals surface area contributed by atoms with Crippen LogP contribution in [0.2, 0.25) is 0 Å². The summed E-state index contributed by atoms with van der Waals surface area (Å²) < 4.78 is 39.9. The summed E-state index contributed by atoms with van der Waals surface area (Å²) in [5.41, 5.74) is 0.632. The second-order valence-corrected chi connectivity index (χ2v) is 8.90. The Balaban J connectivity index is 1.59. The number of nitro groups is 1. The summed E-state index contributed by atoms with van der Waals surface area (Å²) >= 11 is 0. The van der Waals surface area contributed by atoms with Gasteiger partial charge in [0.15, 0.2) is 0 Å². The maximum Gasteiger partial charge on any atom is 0.293 e. The van der Waals surface area contributed by atoms with Gasteiger partial charge in [-0.3, -0.25) is 19.8 Å². The number of nitro benzene ring substituents is 1. The number of sulfonamides is 1. The van der Waals surface area contributed by atoms with Crippen LogP contribution in [0, 0.1) is 22.9 Å². The lowest BCUT2D eigenvalue weighted by Crippen LogP contribution is -2.50. The Kier molecular flexibility index (Phi) is 6.44. The van der Waals surface area contributed by atoms with Gasteiger partial charge in [0.25, 0.3) is 5.69 Å². The van der Waals surface area contributed by atoms with Crippen LogP contribution in [0.25, 0.3) is 0 Å². The summed E-state index contributed by atoms with van der Waals surface area (Å²) in [6.07, 6.45) is 0. The molecule has 1 fully saturated rings. The summed E-state index contributed by atoms with van der Waals surface area (Å²) in [5, 5.41) is 13.7. The number of hydrogen-bond donors (Lipinski definition) is 1. The van der Waals surface area contributed by atoms with Crippen LogP contribution in [0.1, 0.15) is 5.56 Å². The highest BCUT2D eigenvalue weighted by Gasteiger charge is 2.29. The third-order valence-corrected chi connectivity index (χ3v) is 6.65. The first-order chi connectivity index (χ1) is 14.2. The van der Waals surface area contributed by atoms with Crippen LogP contribution in [0.5, 0.6) is 0 Å². The second-order valence-electron chi connectivity index (χ2n) is 6.96. The van der Waals surface area contributed by atoms with Gasteiger partial charge in [0.05, 0.1) is 16.4 Å². The number of aryl methyl sites for hydroxylation is 1. The molecule has 0 unspecified atom stereocenters. The molecule has 1 aliphatic heterocycles. The van der Waals surface area contributed by atoms with Crippen molar-refractivity contribution in [2.24, 2.45) is 0 Å². The normalized spacial score (nSPS) is 15.7. The fourth-order valence-corrected chi connectivity index (χ4v) is 4.65. The first-order valence-corrected chi connectivity index (χ1v) is 10.6. The van der Waals surface area contributed by atoms with E-state index in [2.05, 4.69) is 5.32 Å². The maximum absolute atomic E-state index is 13.4. The lowest BCUT2D eigenvalue weighted by atomic mass is 10.2. The first kappa shape index (κ1) is 21.8. The Labute approximate surface area is 173 Å². The Bertz CT molecular complexity index is 1070. The Hall–Kier alpha value is -2.89. The predicted octanol–water partition coefficient (Wildman–Crippen LogP) is 1.99. The van der Waals surface area contributed by atoms with E-state index in [1.807, 2.05) is 0 Å². The van der Waals surface area contributed by atoms with Crippen molar-refractivity contribution < 1.29 is 22.5 Å². The quantitative estimate of drug-likeness (QED) is 0.547. The zero-order valence-electron chi connectivity index (χ0n) is 16.2. The van der Waals surface area contributed by atoms with E-state index in [4.69, 9.17) is 0 Å². The molecular weight excluding hydrogens is 415 g/mol. The average Bonchev–Trinajstić information content (AvgIpc) is 2.69. The van der Waals surface area contributed by atoms with E-state index >= 15 is 0 Å². The van der Waals surface area contributed by atoms with Gasteiger partial charge in [-0.25, -0.2) is 12.8 Å². The van der Waals surface area contributed by atoms with Gasteiger partial charge in [-0.1, -0.05) is 12.1 Å². The molecule has 1 amide bonds. The SMILES string of the molecule is Cc1ccc(NC(=O)CN2CCN(S(=O)(=O)c3cccc(F)c3)CC2)c([N+](=O)[O-])c1. The molecule has 0 aliphatic carbocycles. The van der Waals surface area contributed by atoms with Crippen LogP contribution in [0.3, 0.4) is 0 Å². The highest BCUT2D eigenvalue weighted by molar-refractivity contribution is 7.89. The summed E-state index contributed by atoms with van der Waals surface area (Å²) in [6.45, 7) is 2.60. The number of piperazine rings is 1. The second kappa shape index (κ2) is 8.86. The molecule has 0 atom stereocenters. The summed E-state index contributed by atoms with van der Waals surface area (Å²) in [6, 6.07) is 9.36. The predicted molar refractivity (Wildman–Crippen MR) is 108 cm³/mol. The van der Waals surface area contributed by atoms with E-state index in [-0.39, 0.29) is 35.9 Å². The minimum atomic E-state index is -3.81. The van der Waals surface area contributed by atoms with Gasteiger partial charge in [0, 0.05) is 32.2 Å². The summed E-state index contributed by atoms with van der Waals surface area (Å²) in [4.78, 5) is 24.6. The van der Waals surface area contributed by atoms with Crippen LogP contribution in [0.4, 0.5) is 15.8 Å². The van der Waals surface area contributed by atoms with Crippen LogP contribution < -0.4 is 5.32 Å². The third-order valence-electron chi connectivity index (χ3n) is 4.76. The van der Waals surface area contributed by atoms with E-state index in [0.29, 0.717) is 18.7 Å². The van der Waals surface area contributed by atoms with Crippen LogP contribution in [0.15, 0.2) is 47.4 Å². The molecule has 1 heterocycles. The van der Waals surface area contributed by atoms with E-state index in [0.717, 1.165) is 6.07 Å². The zero-order valence-corrected chi connectivity index (χ0v) is 17.1. The highest BCUT2D eigenvalue weighted by atomic mass is 32.2. The molecule has 11 heteroatoms. The van der Waals surface area contributed by atoms with E-state index in [1.165, 1.54) is 34.6 Å². The van der Waals surface area contributed by atoms with Crippen molar-refractivity contribution in [3.8, 4) is 0 Å². The topological polar surface area (TPSA) is 113 Å². The smallest absolute Gasteiger partial charge is 0.293 e. The molecule has 0 spiro atoms. The largest absolute Gasteiger partial charge is 0.319 e. The van der Waals surface area contributed by atoms with Crippen LogP contribution in [-0.2, 0) is 14.8 Å². The van der Waals surface area contributed by atoms with Crippen LogP contribution in [-0.4, -0.2) is 61.2 Å². The average molecular weight is 436 g/mol. The number of nitrogens with one attached hydrogen (secondary N) is 1. The van der Waals surface area contributed by atoms with E-state index in [9.17, 15) is 27.7 Å². The Morgan fingerprint density at radius 1 is 1.17 bits per heavy atom. The molecule has 3 rings (SSSR count). The fraction of sp³-hybridized carbons (Fsp3) is 0.316. The van der Waals surface area contributed by atoms with Crippen molar-refractivity contribution >= 4 is 27.3 Å². The van der Waals surface area contributed by atoms with Gasteiger partial charge in [0.1, 0.15) is 11.5 Å². The molecule has 2 aromatic carbocycles. The molecule has 0 radical (unpaired) electrons. The minimum absolute atomic E-state index is 0.0289. The highest BCUT2D eigenvalue weighted by Crippen LogP contribution is 2.25. The molecule has 1 N–H and O–H groups in total. The fourth-order valence-electron chi connectivity index (χ4n) is 3.20. The Morgan fingerprint density at radius 3 is 2.50 bits per heavy atom. The van der Waals surface area contributed by atoms with Gasteiger partial charge in [0.2, 0.25) is 15.9 Å². The number of nitrogens with zero attached hydrogens (tertiary/aromatic N) is 3. The van der Waals surface area contributed by atoms with Crippen LogP contribution >= 0.6 is 0 Å². The van der Waals surface area contributed by atoms with Crippen molar-refractivity contribution in [1.29, 1.82) is 0 Å². The number of carbonyl (C=O) groups excluding carboxylic acids is 1. The number of anilines is 1. The molecule has 0 bridgehead atoms. The first-order valence-electron chi connectivity index (χ1n) is 9.20. The van der Waals surface area contributed by atoms with Gasteiger partial charge in [-0.15, -0.1) is 0 Å². The van der Waals surface area contributed by atoms with Gasteiger partial charge in [-0.2, -0.15) is 4.31 Å². The number of carbonyl (C=O) groups is 1. The lowest BCUT2D eigenvalue weighted by Gasteiger charge is -2.33. The molecule has 0 saturated carbocycles. The zero-order chi connectivity index (χ0) is 21.9. The molecule has 30 heavy (non-hydrogen) atoms. The monoisotopic (exact) mass is 436 g/mol. The summed E-state index contributed by atoms with van der Waals surface area (Å²) in [5.74, 6) is -1.06. The van der Waals surface area contributed by atoms with Gasteiger partial charge in [-0.05, 0) is 36.8 Å². The number of rotatable bonds is 6. The maximum atomic E-state index is 13.4. The molecule has 9 nitrogen and oxygen atoms in total. The molecule has 160 valence electrons. The van der Waals surface area contributed by atoms with Crippen molar-refractivity contribution in [3.05, 3.63) is 64.0 Å². The molecule has 1 saturated heterocycles. The van der Waals surface area contributed by atoms with Gasteiger partial charge < -0.3 is 5.32 Å². The van der Waals surface area contributed by atoms with Crippen molar-refractivity contribution in [1.82, 2.24) is 9.21 Å². The molecular formula is C19H21FN4O5S. The molecule has 1 aliphatic rings. The lowest BCUT2D eigenvalue weighted by molar-refractivity contribution is -0.384. The third kappa shape index (κ3) is 4.99. The van der Waals surface area contributed by atoms with Gasteiger partial charge >= 0.3 is 0 Å². The summed E-state index contributed by atoms with van der Waals surface area (Å²) in [7, 11) is -3.81. The number of amides is 1. The number of hydrogen-bond acceptors (Lipinski definition) is 6. The minimum Gasteiger partial charge on any atom is -0.319 e. The van der Waals surface area contributed by atoms with Crippen molar-refractivity contribution in [2.45, 2.75) is 11.8 Å². The standard InChI is InChI=1S/C19H21FN4O5S/c1-14-5-6-17(18(11-14)24(26)27)21-19(25)13-22-7-9-23(10-8-22)30(28,29)16-4-2-3-15(20)12-16/h2-6,11-12H,7-10,13H2,1H3,(H,21,25). The van der Waals surface area contributed by atoms with Crippen molar-refractivity contribution in [2.75, 3.05) is 38.0 Å². The van der Waals surface area contributed by atoms with E-state index < -0.39 is 26.7 Å². The number of halogens is 1. The van der Waals surface area contributed by atoms with E-state index in [1.54, 1.807) is 17.9 Å².